The largest absolute Gasteiger partial charge is 0.452 e. The Morgan fingerprint density at radius 2 is 2.03 bits per heavy atom. The van der Waals surface area contributed by atoms with Gasteiger partial charge in [-0.3, -0.25) is 14.5 Å². The van der Waals surface area contributed by atoms with Crippen molar-refractivity contribution < 1.29 is 19.1 Å². The summed E-state index contributed by atoms with van der Waals surface area (Å²) in [6.07, 6.45) is 1.77. The van der Waals surface area contributed by atoms with Crippen molar-refractivity contribution in [3.63, 3.8) is 0 Å². The second-order valence-electron chi connectivity index (χ2n) is 7.12. The molecule has 1 saturated heterocycles. The molecule has 8 heteroatoms. The van der Waals surface area contributed by atoms with Gasteiger partial charge in [-0.1, -0.05) is 18.2 Å². The minimum atomic E-state index is -0.672. The van der Waals surface area contributed by atoms with Crippen LogP contribution in [0.15, 0.2) is 48.5 Å². The summed E-state index contributed by atoms with van der Waals surface area (Å²) in [7, 11) is 0. The van der Waals surface area contributed by atoms with E-state index in [4.69, 9.17) is 10.00 Å². The Labute approximate surface area is 173 Å². The SMILES string of the molecule is N#CCN(C(=O)COC(=O)c1ccc2c(c1)NC(=O)[C@H]1CCCN21)c1ccccc1. The number of rotatable bonds is 5. The van der Waals surface area contributed by atoms with E-state index in [1.807, 2.05) is 11.0 Å². The highest BCUT2D eigenvalue weighted by molar-refractivity contribution is 6.05. The number of nitrogens with zero attached hydrogens (tertiary/aromatic N) is 3. The van der Waals surface area contributed by atoms with E-state index in [1.54, 1.807) is 48.5 Å². The zero-order valence-electron chi connectivity index (χ0n) is 16.2. The van der Waals surface area contributed by atoms with Crippen LogP contribution in [0.1, 0.15) is 23.2 Å². The van der Waals surface area contributed by atoms with Crippen LogP contribution in [-0.4, -0.2) is 43.5 Å². The second kappa shape index (κ2) is 8.25. The number of ether oxygens (including phenoxy) is 1. The average molecular weight is 404 g/mol. The molecule has 0 radical (unpaired) electrons. The molecular formula is C22H20N4O4. The topological polar surface area (TPSA) is 103 Å². The fourth-order valence-corrected chi connectivity index (χ4v) is 3.85. The first-order valence-corrected chi connectivity index (χ1v) is 9.69. The molecular weight excluding hydrogens is 384 g/mol. The molecule has 2 aromatic rings. The first-order chi connectivity index (χ1) is 14.6. The molecule has 8 nitrogen and oxygen atoms in total. The van der Waals surface area contributed by atoms with Crippen LogP contribution in [0.3, 0.4) is 0 Å². The van der Waals surface area contributed by atoms with Crippen molar-refractivity contribution in [3.8, 4) is 6.07 Å². The van der Waals surface area contributed by atoms with Crippen molar-refractivity contribution in [1.29, 1.82) is 5.26 Å². The van der Waals surface area contributed by atoms with E-state index in [-0.39, 0.29) is 24.1 Å². The molecule has 2 aliphatic rings. The number of amides is 2. The van der Waals surface area contributed by atoms with Crippen molar-refractivity contribution in [3.05, 3.63) is 54.1 Å². The number of benzene rings is 2. The molecule has 0 unspecified atom stereocenters. The van der Waals surface area contributed by atoms with Gasteiger partial charge in [0.05, 0.1) is 23.0 Å². The van der Waals surface area contributed by atoms with E-state index < -0.39 is 18.5 Å². The lowest BCUT2D eigenvalue weighted by Gasteiger charge is -2.33. The van der Waals surface area contributed by atoms with Gasteiger partial charge in [-0.2, -0.15) is 5.26 Å². The van der Waals surface area contributed by atoms with E-state index in [2.05, 4.69) is 5.32 Å². The van der Waals surface area contributed by atoms with Crippen LogP contribution in [0.5, 0.6) is 0 Å². The van der Waals surface area contributed by atoms with E-state index in [0.717, 1.165) is 25.1 Å². The molecule has 0 saturated carbocycles. The minimum Gasteiger partial charge on any atom is -0.452 e. The molecule has 0 spiro atoms. The monoisotopic (exact) mass is 404 g/mol. The summed E-state index contributed by atoms with van der Waals surface area (Å²) in [4.78, 5) is 40.5. The third kappa shape index (κ3) is 3.70. The van der Waals surface area contributed by atoms with Crippen LogP contribution in [0.25, 0.3) is 0 Å². The Morgan fingerprint density at radius 1 is 1.23 bits per heavy atom. The predicted molar refractivity (Wildman–Crippen MR) is 110 cm³/mol. The molecule has 0 aromatic heterocycles. The number of carbonyl (C=O) groups is 3. The quantitative estimate of drug-likeness (QED) is 0.606. The number of hydrogen-bond acceptors (Lipinski definition) is 6. The molecule has 1 N–H and O–H groups in total. The van der Waals surface area contributed by atoms with Crippen LogP contribution in [0.4, 0.5) is 17.1 Å². The van der Waals surface area contributed by atoms with Gasteiger partial charge in [0.2, 0.25) is 5.91 Å². The summed E-state index contributed by atoms with van der Waals surface area (Å²) in [5.41, 5.74) is 2.24. The van der Waals surface area contributed by atoms with Crippen LogP contribution in [0.2, 0.25) is 0 Å². The van der Waals surface area contributed by atoms with Crippen molar-refractivity contribution in [1.82, 2.24) is 0 Å². The molecule has 152 valence electrons. The molecule has 2 heterocycles. The Kier molecular flexibility index (Phi) is 5.35. The van der Waals surface area contributed by atoms with Gasteiger partial charge in [0.15, 0.2) is 6.61 Å². The molecule has 0 aliphatic carbocycles. The highest BCUT2D eigenvalue weighted by Crippen LogP contribution is 2.37. The highest BCUT2D eigenvalue weighted by atomic mass is 16.5. The molecule has 1 atom stereocenters. The van der Waals surface area contributed by atoms with Gasteiger partial charge >= 0.3 is 5.97 Å². The van der Waals surface area contributed by atoms with Crippen LogP contribution < -0.4 is 15.1 Å². The predicted octanol–water partition coefficient (Wildman–Crippen LogP) is 2.32. The van der Waals surface area contributed by atoms with Gasteiger partial charge in [-0.25, -0.2) is 4.79 Å². The van der Waals surface area contributed by atoms with Crippen LogP contribution in [0, 0.1) is 11.3 Å². The van der Waals surface area contributed by atoms with Gasteiger partial charge in [-0.15, -0.1) is 0 Å². The standard InChI is InChI=1S/C22H20N4O4/c23-10-12-25(16-5-2-1-3-6-16)20(27)14-30-22(29)15-8-9-18-17(13-15)24-21(28)19-7-4-11-26(18)19/h1-3,5-6,8-9,13,19H,4,7,11-12,14H2,(H,24,28)/t19-/m1/s1. The van der Waals surface area contributed by atoms with Crippen LogP contribution in [-0.2, 0) is 14.3 Å². The Balaban J connectivity index is 1.44. The Bertz CT molecular complexity index is 1030. The smallest absolute Gasteiger partial charge is 0.338 e. The maximum Gasteiger partial charge on any atom is 0.338 e. The maximum absolute atomic E-state index is 12.5. The summed E-state index contributed by atoms with van der Waals surface area (Å²) in [5, 5.41) is 11.9. The third-order valence-electron chi connectivity index (χ3n) is 5.28. The van der Waals surface area contributed by atoms with Gasteiger partial charge in [0.1, 0.15) is 12.6 Å². The minimum absolute atomic E-state index is 0.0734. The van der Waals surface area contributed by atoms with Gasteiger partial charge in [-0.05, 0) is 43.2 Å². The number of para-hydroxylation sites is 1. The zero-order chi connectivity index (χ0) is 21.1. The van der Waals surface area contributed by atoms with Crippen molar-refractivity contribution in [2.75, 3.05) is 34.8 Å². The van der Waals surface area contributed by atoms with Crippen LogP contribution >= 0.6 is 0 Å². The van der Waals surface area contributed by atoms with Crippen molar-refractivity contribution >= 4 is 34.8 Å². The number of fused-ring (bicyclic) bond motifs is 3. The first kappa shape index (κ1) is 19.5. The summed E-state index contributed by atoms with van der Waals surface area (Å²) in [5.74, 6) is -1.24. The number of carbonyl (C=O) groups excluding carboxylic acids is 3. The lowest BCUT2D eigenvalue weighted by Crippen LogP contribution is -2.43. The molecule has 30 heavy (non-hydrogen) atoms. The molecule has 2 aliphatic heterocycles. The van der Waals surface area contributed by atoms with Crippen molar-refractivity contribution in [2.45, 2.75) is 18.9 Å². The number of anilines is 3. The normalized spacial score (nSPS) is 16.7. The fourth-order valence-electron chi connectivity index (χ4n) is 3.85. The van der Waals surface area contributed by atoms with Gasteiger partial charge in [0.25, 0.3) is 5.91 Å². The van der Waals surface area contributed by atoms with Crippen molar-refractivity contribution in [2.24, 2.45) is 0 Å². The zero-order valence-corrected chi connectivity index (χ0v) is 16.2. The lowest BCUT2D eigenvalue weighted by atomic mass is 10.1. The lowest BCUT2D eigenvalue weighted by molar-refractivity contribution is -0.121. The second-order valence-corrected chi connectivity index (χ2v) is 7.12. The van der Waals surface area contributed by atoms with E-state index in [9.17, 15) is 14.4 Å². The number of nitriles is 1. The number of esters is 1. The van der Waals surface area contributed by atoms with E-state index in [1.165, 1.54) is 4.90 Å². The molecule has 1 fully saturated rings. The fraction of sp³-hybridized carbons (Fsp3) is 0.273. The maximum atomic E-state index is 12.5. The Morgan fingerprint density at radius 3 is 2.80 bits per heavy atom. The molecule has 2 amide bonds. The summed E-state index contributed by atoms with van der Waals surface area (Å²) in [6.45, 7) is 0.160. The molecule has 2 aromatic carbocycles. The van der Waals surface area contributed by atoms with Gasteiger partial charge in [0, 0.05) is 12.2 Å². The van der Waals surface area contributed by atoms with Gasteiger partial charge < -0.3 is 15.0 Å². The number of nitrogens with one attached hydrogen (secondary N) is 1. The Hall–Kier alpha value is -3.86. The first-order valence-electron chi connectivity index (χ1n) is 9.69. The number of hydrogen-bond donors (Lipinski definition) is 1. The molecule has 4 rings (SSSR count). The summed E-state index contributed by atoms with van der Waals surface area (Å²) < 4.78 is 5.18. The highest BCUT2D eigenvalue weighted by Gasteiger charge is 2.36. The van der Waals surface area contributed by atoms with E-state index in [0.29, 0.717) is 11.4 Å². The van der Waals surface area contributed by atoms with E-state index >= 15 is 0 Å². The summed E-state index contributed by atoms with van der Waals surface area (Å²) in [6, 6.07) is 15.5. The third-order valence-corrected chi connectivity index (χ3v) is 5.28. The molecule has 0 bridgehead atoms. The average Bonchev–Trinajstić information content (AvgIpc) is 3.27. The summed E-state index contributed by atoms with van der Waals surface area (Å²) >= 11 is 0.